The summed E-state index contributed by atoms with van der Waals surface area (Å²) in [5.41, 5.74) is 5.80. The van der Waals surface area contributed by atoms with Gasteiger partial charge in [0.2, 0.25) is 11.8 Å². The summed E-state index contributed by atoms with van der Waals surface area (Å²) in [7, 11) is 1.22. The number of allylic oxidation sites excluding steroid dienone is 1. The fourth-order valence-electron chi connectivity index (χ4n) is 3.55. The number of fused-ring (bicyclic) bond motifs is 1. The van der Waals surface area contributed by atoms with Crippen LogP contribution in [-0.2, 0) is 20.9 Å². The first-order valence-corrected chi connectivity index (χ1v) is 9.97. The average molecular weight is 466 g/mol. The van der Waals surface area contributed by atoms with Crippen LogP contribution in [0, 0.1) is 0 Å². The van der Waals surface area contributed by atoms with Gasteiger partial charge in [-0.3, -0.25) is 19.3 Å². The minimum Gasteiger partial charge on any atom is -0.389 e. The molecule has 0 saturated carbocycles. The zero-order chi connectivity index (χ0) is 24.3. The molecule has 0 unspecified atom stereocenters. The Balaban J connectivity index is 1.85. The highest BCUT2D eigenvalue weighted by Gasteiger charge is 2.48. The van der Waals surface area contributed by atoms with E-state index in [2.05, 4.69) is 15.4 Å². The minimum atomic E-state index is -1.63. The van der Waals surface area contributed by atoms with Crippen molar-refractivity contribution in [3.05, 3.63) is 29.9 Å². The monoisotopic (exact) mass is 466 g/mol. The number of ether oxygens (including phenoxy) is 2. The van der Waals surface area contributed by atoms with Crippen molar-refractivity contribution in [1.29, 1.82) is 0 Å². The number of nitrogens with two attached hydrogens (primary N) is 1. The van der Waals surface area contributed by atoms with E-state index < -0.39 is 61.7 Å². The number of methoxy groups -OCH3 is 1. The standard InChI is InChI=1S/C20H24F2N6O5/c1-10(2)12(21)6-25-18(30)16-17(32-3)13(22)8-27(16)15(29)9-28-14-7-24-5-4-11(14)19(26-28)33-20(23)31/h4-5,7,13,16-17H,6,8-9H2,1-3H3,(H2,23,31)(H,25,30)/t13-,16-,17+/m0/s1. The van der Waals surface area contributed by atoms with Gasteiger partial charge in [0.25, 0.3) is 5.88 Å². The highest BCUT2D eigenvalue weighted by atomic mass is 19.1. The molecule has 11 nitrogen and oxygen atoms in total. The molecule has 1 fully saturated rings. The van der Waals surface area contributed by atoms with Gasteiger partial charge in [0.15, 0.2) is 0 Å². The molecule has 0 aliphatic carbocycles. The lowest BCUT2D eigenvalue weighted by atomic mass is 10.1. The number of halogens is 2. The third-order valence-electron chi connectivity index (χ3n) is 5.20. The van der Waals surface area contributed by atoms with Crippen molar-refractivity contribution in [1.82, 2.24) is 25.0 Å². The van der Waals surface area contributed by atoms with Gasteiger partial charge in [0, 0.05) is 13.3 Å². The van der Waals surface area contributed by atoms with Gasteiger partial charge in [-0.05, 0) is 25.5 Å². The van der Waals surface area contributed by atoms with Crippen molar-refractivity contribution in [3.63, 3.8) is 0 Å². The number of carbonyl (C=O) groups excluding carboxylic acids is 3. The summed E-state index contributed by atoms with van der Waals surface area (Å²) in [6, 6.07) is 0.202. The smallest absolute Gasteiger partial charge is 0.389 e. The molecule has 0 aromatic carbocycles. The summed E-state index contributed by atoms with van der Waals surface area (Å²) >= 11 is 0. The van der Waals surface area contributed by atoms with E-state index in [-0.39, 0.29) is 5.88 Å². The van der Waals surface area contributed by atoms with Crippen LogP contribution in [0.1, 0.15) is 13.8 Å². The molecular formula is C20H24F2N6O5. The SMILES string of the molecule is CO[C@H]1[C@@H](C(=O)NCC(F)=C(C)C)N(C(=O)Cn2nc(OC(N)=O)c3ccncc32)C[C@@H]1F. The van der Waals surface area contributed by atoms with Crippen molar-refractivity contribution in [2.24, 2.45) is 5.73 Å². The van der Waals surface area contributed by atoms with Gasteiger partial charge < -0.3 is 25.4 Å². The number of nitrogens with zero attached hydrogens (tertiary/aromatic N) is 4. The summed E-state index contributed by atoms with van der Waals surface area (Å²) in [5, 5.41) is 6.83. The molecule has 33 heavy (non-hydrogen) atoms. The van der Waals surface area contributed by atoms with Crippen LogP contribution >= 0.6 is 0 Å². The maximum Gasteiger partial charge on any atom is 0.411 e. The molecule has 1 aliphatic heterocycles. The number of primary amides is 1. The highest BCUT2D eigenvalue weighted by Crippen LogP contribution is 2.27. The molecule has 3 rings (SSSR count). The second kappa shape index (κ2) is 9.90. The predicted molar refractivity (Wildman–Crippen MR) is 111 cm³/mol. The number of pyridine rings is 1. The Morgan fingerprint density at radius 3 is 2.70 bits per heavy atom. The van der Waals surface area contributed by atoms with E-state index in [9.17, 15) is 23.2 Å². The maximum atomic E-state index is 14.6. The second-order valence-corrected chi connectivity index (χ2v) is 7.61. The number of alkyl halides is 1. The number of amides is 3. The van der Waals surface area contributed by atoms with Gasteiger partial charge in [-0.2, -0.15) is 0 Å². The third kappa shape index (κ3) is 5.08. The van der Waals surface area contributed by atoms with Crippen LogP contribution in [-0.4, -0.2) is 76.1 Å². The average Bonchev–Trinajstić information content (AvgIpc) is 3.28. The van der Waals surface area contributed by atoms with E-state index in [1.165, 1.54) is 30.3 Å². The largest absolute Gasteiger partial charge is 0.411 e. The molecule has 2 aromatic heterocycles. The van der Waals surface area contributed by atoms with Gasteiger partial charge >= 0.3 is 6.09 Å². The zero-order valence-electron chi connectivity index (χ0n) is 18.2. The summed E-state index contributed by atoms with van der Waals surface area (Å²) in [5.74, 6) is -2.07. The molecule has 3 amide bonds. The number of nitrogens with one attached hydrogen (secondary N) is 1. The Kier molecular flexibility index (Phi) is 7.21. The summed E-state index contributed by atoms with van der Waals surface area (Å²) in [4.78, 5) is 42.0. The van der Waals surface area contributed by atoms with Crippen LogP contribution in [0.5, 0.6) is 5.88 Å². The first-order valence-electron chi connectivity index (χ1n) is 9.97. The zero-order valence-corrected chi connectivity index (χ0v) is 18.2. The van der Waals surface area contributed by atoms with E-state index in [1.54, 1.807) is 13.8 Å². The fraction of sp³-hybridized carbons (Fsp3) is 0.450. The van der Waals surface area contributed by atoms with E-state index in [4.69, 9.17) is 15.2 Å². The number of hydrogen-bond acceptors (Lipinski definition) is 7. The third-order valence-corrected chi connectivity index (χ3v) is 5.20. The fourth-order valence-corrected chi connectivity index (χ4v) is 3.55. The highest BCUT2D eigenvalue weighted by molar-refractivity contribution is 5.91. The van der Waals surface area contributed by atoms with Crippen LogP contribution in [0.2, 0.25) is 0 Å². The van der Waals surface area contributed by atoms with Crippen LogP contribution in [0.25, 0.3) is 10.9 Å². The van der Waals surface area contributed by atoms with E-state index in [0.717, 1.165) is 4.90 Å². The quantitative estimate of drug-likeness (QED) is 0.616. The summed E-state index contributed by atoms with van der Waals surface area (Å²) < 4.78 is 39.6. The second-order valence-electron chi connectivity index (χ2n) is 7.61. The van der Waals surface area contributed by atoms with Crippen molar-refractivity contribution in [3.8, 4) is 5.88 Å². The molecule has 3 N–H and O–H groups in total. The molecule has 1 aliphatic rings. The van der Waals surface area contributed by atoms with Crippen LogP contribution in [0.3, 0.4) is 0 Å². The Bertz CT molecular complexity index is 1100. The molecule has 0 spiro atoms. The van der Waals surface area contributed by atoms with Crippen LogP contribution in [0.4, 0.5) is 13.6 Å². The molecule has 2 aromatic rings. The number of rotatable bonds is 7. The van der Waals surface area contributed by atoms with E-state index in [1.807, 2.05) is 0 Å². The van der Waals surface area contributed by atoms with Gasteiger partial charge in [0.05, 0.1) is 30.2 Å². The van der Waals surface area contributed by atoms with Gasteiger partial charge in [-0.25, -0.2) is 13.6 Å². The molecule has 0 radical (unpaired) electrons. The molecule has 3 heterocycles. The molecule has 178 valence electrons. The molecule has 13 heteroatoms. The molecule has 1 saturated heterocycles. The van der Waals surface area contributed by atoms with Crippen molar-refractivity contribution >= 4 is 28.8 Å². The van der Waals surface area contributed by atoms with Gasteiger partial charge in [0.1, 0.15) is 30.7 Å². The topological polar surface area (TPSA) is 142 Å². The van der Waals surface area contributed by atoms with Crippen LogP contribution < -0.4 is 15.8 Å². The Morgan fingerprint density at radius 2 is 2.06 bits per heavy atom. The summed E-state index contributed by atoms with van der Waals surface area (Å²) in [6.45, 7) is 1.88. The van der Waals surface area contributed by atoms with E-state index >= 15 is 0 Å². The first-order chi connectivity index (χ1) is 15.6. The van der Waals surface area contributed by atoms with Crippen molar-refractivity contribution < 1.29 is 32.6 Å². The van der Waals surface area contributed by atoms with Crippen molar-refractivity contribution in [2.75, 3.05) is 20.2 Å². The molecular weight excluding hydrogens is 442 g/mol. The Labute approximate surface area is 187 Å². The minimum absolute atomic E-state index is 0.126. The number of carbonyl (C=O) groups is 3. The predicted octanol–water partition coefficient (Wildman–Crippen LogP) is 0.832. The molecule has 0 bridgehead atoms. The number of likely N-dealkylation sites (tertiary alicyclic amines) is 1. The van der Waals surface area contributed by atoms with Crippen molar-refractivity contribution in [2.45, 2.75) is 38.7 Å². The number of hydrogen-bond donors (Lipinski definition) is 2. The number of aromatic nitrogens is 3. The Hall–Kier alpha value is -3.61. The maximum absolute atomic E-state index is 14.6. The molecule has 3 atom stereocenters. The van der Waals surface area contributed by atoms with Gasteiger partial charge in [-0.15, -0.1) is 5.10 Å². The Morgan fingerprint density at radius 1 is 1.33 bits per heavy atom. The lowest BCUT2D eigenvalue weighted by molar-refractivity contribution is -0.141. The normalized spacial score (nSPS) is 20.0. The van der Waals surface area contributed by atoms with Crippen LogP contribution in [0.15, 0.2) is 29.9 Å². The lowest BCUT2D eigenvalue weighted by Crippen LogP contribution is -2.51. The van der Waals surface area contributed by atoms with Gasteiger partial charge in [-0.1, -0.05) is 0 Å². The summed E-state index contributed by atoms with van der Waals surface area (Å²) in [6.07, 6.45) is -1.11. The lowest BCUT2D eigenvalue weighted by Gasteiger charge is -2.26. The van der Waals surface area contributed by atoms with E-state index in [0.29, 0.717) is 16.5 Å². The first kappa shape index (κ1) is 24.0.